The molecule has 0 N–H and O–H groups in total. The fourth-order valence-electron chi connectivity index (χ4n) is 1.44. The summed E-state index contributed by atoms with van der Waals surface area (Å²) in [5.41, 5.74) is 0.602. The summed E-state index contributed by atoms with van der Waals surface area (Å²) >= 11 is 5.64. The van der Waals surface area contributed by atoms with Gasteiger partial charge < -0.3 is 8.98 Å². The zero-order valence-corrected chi connectivity index (χ0v) is 8.78. The number of carbonyl (C=O) groups is 1. The standard InChI is InChI=1S/C11H10ClNO2/c12-5-7-13-6-1-3-9(13)11(14)10-4-2-8-15-10/h1-4,6,8H,5,7H2. The van der Waals surface area contributed by atoms with Crippen LogP contribution < -0.4 is 0 Å². The molecule has 0 bridgehead atoms. The van der Waals surface area contributed by atoms with Gasteiger partial charge in [0.15, 0.2) is 5.76 Å². The Hall–Kier alpha value is -1.48. The van der Waals surface area contributed by atoms with Gasteiger partial charge in [-0.25, -0.2) is 0 Å². The van der Waals surface area contributed by atoms with Crippen molar-refractivity contribution in [3.05, 3.63) is 48.2 Å². The van der Waals surface area contributed by atoms with Gasteiger partial charge in [0.25, 0.3) is 0 Å². The van der Waals surface area contributed by atoms with E-state index in [0.29, 0.717) is 23.9 Å². The lowest BCUT2D eigenvalue weighted by Gasteiger charge is -2.04. The third-order valence-corrected chi connectivity index (χ3v) is 2.30. The minimum absolute atomic E-state index is 0.116. The Kier molecular flexibility index (Phi) is 2.92. The number of carbonyl (C=O) groups excluding carboxylic acids is 1. The zero-order valence-electron chi connectivity index (χ0n) is 8.02. The molecule has 4 heteroatoms. The Balaban J connectivity index is 2.29. The smallest absolute Gasteiger partial charge is 0.244 e. The molecule has 2 aromatic heterocycles. The molecule has 0 unspecified atom stereocenters. The Labute approximate surface area is 92.3 Å². The summed E-state index contributed by atoms with van der Waals surface area (Å²) in [6, 6.07) is 6.93. The van der Waals surface area contributed by atoms with Gasteiger partial charge in [-0.1, -0.05) is 0 Å². The Morgan fingerprint density at radius 1 is 1.40 bits per heavy atom. The van der Waals surface area contributed by atoms with E-state index in [1.54, 1.807) is 18.2 Å². The van der Waals surface area contributed by atoms with Crippen LogP contribution in [0, 0.1) is 0 Å². The van der Waals surface area contributed by atoms with Crippen molar-refractivity contribution in [1.29, 1.82) is 0 Å². The highest BCUT2D eigenvalue weighted by atomic mass is 35.5. The maximum atomic E-state index is 11.9. The van der Waals surface area contributed by atoms with E-state index < -0.39 is 0 Å². The molecule has 0 radical (unpaired) electrons. The van der Waals surface area contributed by atoms with Gasteiger partial charge in [0.05, 0.1) is 12.0 Å². The molecular weight excluding hydrogens is 214 g/mol. The van der Waals surface area contributed by atoms with Crippen LogP contribution in [-0.4, -0.2) is 16.2 Å². The molecule has 0 amide bonds. The van der Waals surface area contributed by atoms with Crippen LogP contribution in [0.15, 0.2) is 41.1 Å². The second-order valence-electron chi connectivity index (χ2n) is 3.08. The highest BCUT2D eigenvalue weighted by Gasteiger charge is 2.14. The normalized spacial score (nSPS) is 10.5. The maximum Gasteiger partial charge on any atom is 0.244 e. The first-order valence-corrected chi connectivity index (χ1v) is 5.15. The van der Waals surface area contributed by atoms with Crippen molar-refractivity contribution in [1.82, 2.24) is 4.57 Å². The first-order valence-electron chi connectivity index (χ1n) is 4.62. The molecular formula is C11H10ClNO2. The van der Waals surface area contributed by atoms with E-state index in [1.807, 2.05) is 16.8 Å². The number of aryl methyl sites for hydroxylation is 1. The topological polar surface area (TPSA) is 35.1 Å². The van der Waals surface area contributed by atoms with Gasteiger partial charge in [-0.3, -0.25) is 4.79 Å². The van der Waals surface area contributed by atoms with E-state index in [9.17, 15) is 4.79 Å². The van der Waals surface area contributed by atoms with Crippen LogP contribution >= 0.6 is 11.6 Å². The fourth-order valence-corrected chi connectivity index (χ4v) is 1.62. The van der Waals surface area contributed by atoms with Crippen LogP contribution in [-0.2, 0) is 6.54 Å². The lowest BCUT2D eigenvalue weighted by molar-refractivity contribution is 0.100. The molecule has 0 aliphatic rings. The third kappa shape index (κ3) is 1.97. The highest BCUT2D eigenvalue weighted by molar-refractivity contribution is 6.17. The van der Waals surface area contributed by atoms with Crippen LogP contribution in [0.2, 0.25) is 0 Å². The third-order valence-electron chi connectivity index (χ3n) is 2.13. The molecule has 0 saturated carbocycles. The molecule has 0 atom stereocenters. The number of rotatable bonds is 4. The van der Waals surface area contributed by atoms with Gasteiger partial charge in [0, 0.05) is 18.6 Å². The van der Waals surface area contributed by atoms with Crippen LogP contribution in [0.5, 0.6) is 0 Å². The molecule has 3 nitrogen and oxygen atoms in total. The number of nitrogens with zero attached hydrogens (tertiary/aromatic N) is 1. The molecule has 2 heterocycles. The Morgan fingerprint density at radius 3 is 2.93 bits per heavy atom. The molecule has 0 aromatic carbocycles. The van der Waals surface area contributed by atoms with Gasteiger partial charge in [0.1, 0.15) is 0 Å². The molecule has 0 saturated heterocycles. The molecule has 2 aromatic rings. The Bertz CT molecular complexity index is 445. The summed E-state index contributed by atoms with van der Waals surface area (Å²) in [4.78, 5) is 11.9. The average molecular weight is 224 g/mol. The first kappa shape index (κ1) is 10.1. The summed E-state index contributed by atoms with van der Waals surface area (Å²) in [5, 5.41) is 0. The number of hydrogen-bond acceptors (Lipinski definition) is 2. The highest BCUT2D eigenvalue weighted by Crippen LogP contribution is 2.11. The van der Waals surface area contributed by atoms with Crippen molar-refractivity contribution in [2.45, 2.75) is 6.54 Å². The molecule has 15 heavy (non-hydrogen) atoms. The quantitative estimate of drug-likeness (QED) is 0.590. The van der Waals surface area contributed by atoms with E-state index in [0.717, 1.165) is 0 Å². The van der Waals surface area contributed by atoms with E-state index in [-0.39, 0.29) is 5.78 Å². The SMILES string of the molecule is O=C(c1ccco1)c1cccn1CCCl. The summed E-state index contributed by atoms with van der Waals surface area (Å²) < 4.78 is 6.87. The van der Waals surface area contributed by atoms with Gasteiger partial charge in [0.2, 0.25) is 5.78 Å². The lowest BCUT2D eigenvalue weighted by Crippen LogP contribution is -2.09. The maximum absolute atomic E-state index is 11.9. The summed E-state index contributed by atoms with van der Waals surface area (Å²) in [6.45, 7) is 0.621. The predicted molar refractivity (Wildman–Crippen MR) is 57.3 cm³/mol. The number of ketones is 1. The van der Waals surface area contributed by atoms with Crippen molar-refractivity contribution in [3.63, 3.8) is 0 Å². The Morgan fingerprint density at radius 2 is 2.27 bits per heavy atom. The van der Waals surface area contributed by atoms with Gasteiger partial charge in [-0.2, -0.15) is 0 Å². The van der Waals surface area contributed by atoms with Crippen LogP contribution in [0.3, 0.4) is 0 Å². The molecule has 0 fully saturated rings. The largest absolute Gasteiger partial charge is 0.461 e. The summed E-state index contributed by atoms with van der Waals surface area (Å²) in [6.07, 6.45) is 3.32. The second-order valence-corrected chi connectivity index (χ2v) is 3.46. The van der Waals surface area contributed by atoms with Crippen molar-refractivity contribution in [2.75, 3.05) is 5.88 Å². The minimum Gasteiger partial charge on any atom is -0.461 e. The van der Waals surface area contributed by atoms with Crippen LogP contribution in [0.1, 0.15) is 16.2 Å². The average Bonchev–Trinajstić information content (AvgIpc) is 2.87. The number of aromatic nitrogens is 1. The van der Waals surface area contributed by atoms with Crippen LogP contribution in [0.25, 0.3) is 0 Å². The van der Waals surface area contributed by atoms with Crippen molar-refractivity contribution >= 4 is 17.4 Å². The first-order chi connectivity index (χ1) is 7.33. The molecule has 2 rings (SSSR count). The van der Waals surface area contributed by atoms with Gasteiger partial charge >= 0.3 is 0 Å². The zero-order chi connectivity index (χ0) is 10.7. The summed E-state index contributed by atoms with van der Waals surface area (Å²) in [5.74, 6) is 0.715. The van der Waals surface area contributed by atoms with Crippen LogP contribution in [0.4, 0.5) is 0 Å². The lowest BCUT2D eigenvalue weighted by atomic mass is 10.2. The number of hydrogen-bond donors (Lipinski definition) is 0. The number of alkyl halides is 1. The minimum atomic E-state index is -0.116. The number of furan rings is 1. The van der Waals surface area contributed by atoms with Crippen molar-refractivity contribution < 1.29 is 9.21 Å². The van der Waals surface area contributed by atoms with Crippen molar-refractivity contribution in [2.24, 2.45) is 0 Å². The van der Waals surface area contributed by atoms with Crippen molar-refractivity contribution in [3.8, 4) is 0 Å². The predicted octanol–water partition coefficient (Wildman–Crippen LogP) is 2.55. The monoisotopic (exact) mass is 223 g/mol. The molecule has 0 aliphatic heterocycles. The molecule has 0 aliphatic carbocycles. The van der Waals surface area contributed by atoms with Gasteiger partial charge in [-0.05, 0) is 24.3 Å². The van der Waals surface area contributed by atoms with Gasteiger partial charge in [-0.15, -0.1) is 11.6 Å². The second kappa shape index (κ2) is 4.36. The summed E-state index contributed by atoms with van der Waals surface area (Å²) in [7, 11) is 0. The molecule has 0 spiro atoms. The van der Waals surface area contributed by atoms with E-state index in [2.05, 4.69) is 0 Å². The fraction of sp³-hybridized carbons (Fsp3) is 0.182. The number of halogens is 1. The van der Waals surface area contributed by atoms with E-state index in [1.165, 1.54) is 6.26 Å². The van der Waals surface area contributed by atoms with E-state index in [4.69, 9.17) is 16.0 Å². The van der Waals surface area contributed by atoms with E-state index >= 15 is 0 Å². The molecule has 78 valence electrons.